The normalized spacial score (nSPS) is 25.2. The summed E-state index contributed by atoms with van der Waals surface area (Å²) in [6, 6.07) is 7.14. The number of nitrogens with one attached hydrogen (secondary N) is 2. The van der Waals surface area contributed by atoms with Crippen molar-refractivity contribution in [3.05, 3.63) is 34.3 Å². The molecule has 3 N–H and O–H groups in total. The fourth-order valence-electron chi connectivity index (χ4n) is 2.48. The van der Waals surface area contributed by atoms with Crippen molar-refractivity contribution < 1.29 is 9.90 Å². The molecule has 1 aliphatic rings. The van der Waals surface area contributed by atoms with E-state index in [1.54, 1.807) is 0 Å². The molecule has 1 saturated heterocycles. The van der Waals surface area contributed by atoms with E-state index in [1.807, 2.05) is 38.1 Å². The number of rotatable bonds is 4. The molecule has 110 valence electrons. The van der Waals surface area contributed by atoms with Crippen LogP contribution in [0.1, 0.15) is 38.4 Å². The Balaban J connectivity index is 1.98. The van der Waals surface area contributed by atoms with Crippen LogP contribution in [-0.4, -0.2) is 29.1 Å². The van der Waals surface area contributed by atoms with E-state index < -0.39 is 11.6 Å². The van der Waals surface area contributed by atoms with Gasteiger partial charge in [-0.15, -0.1) is 0 Å². The highest BCUT2D eigenvalue weighted by molar-refractivity contribution is 9.10. The molecular formula is C15H21BrN2O2. The van der Waals surface area contributed by atoms with E-state index in [-0.39, 0.29) is 11.9 Å². The standard InChI is InChI=1S/C15H21BrN2O2/c1-10(13(19)11-4-6-12(16)7-5-11)18-14(20)15(2)8-3-9-17-15/h4-7,10,13,17,19H,3,8-9H2,1-2H3,(H,18,20). The van der Waals surface area contributed by atoms with Gasteiger partial charge in [0.2, 0.25) is 5.91 Å². The molecule has 1 fully saturated rings. The first-order chi connectivity index (χ1) is 9.42. The Hall–Kier alpha value is -0.910. The van der Waals surface area contributed by atoms with Gasteiger partial charge in [0.1, 0.15) is 0 Å². The maximum atomic E-state index is 12.3. The Morgan fingerprint density at radius 1 is 1.45 bits per heavy atom. The van der Waals surface area contributed by atoms with Gasteiger partial charge in [-0.05, 0) is 50.9 Å². The van der Waals surface area contributed by atoms with Gasteiger partial charge in [0, 0.05) is 4.47 Å². The Morgan fingerprint density at radius 2 is 2.10 bits per heavy atom. The van der Waals surface area contributed by atoms with Crippen LogP contribution in [0.15, 0.2) is 28.7 Å². The zero-order valence-electron chi connectivity index (χ0n) is 11.8. The lowest BCUT2D eigenvalue weighted by Gasteiger charge is -2.28. The predicted octanol–water partition coefficient (Wildman–Crippen LogP) is 2.13. The van der Waals surface area contributed by atoms with Crippen LogP contribution in [-0.2, 0) is 4.79 Å². The largest absolute Gasteiger partial charge is 0.386 e. The zero-order chi connectivity index (χ0) is 14.8. The average molecular weight is 341 g/mol. The Morgan fingerprint density at radius 3 is 2.65 bits per heavy atom. The Bertz CT molecular complexity index is 469. The number of amides is 1. The number of carbonyl (C=O) groups is 1. The van der Waals surface area contributed by atoms with Crippen molar-refractivity contribution in [3.8, 4) is 0 Å². The van der Waals surface area contributed by atoms with Crippen LogP contribution >= 0.6 is 15.9 Å². The molecule has 0 bridgehead atoms. The van der Waals surface area contributed by atoms with Crippen LogP contribution in [0.2, 0.25) is 0 Å². The number of carbonyl (C=O) groups excluding carboxylic acids is 1. The van der Waals surface area contributed by atoms with E-state index in [0.29, 0.717) is 0 Å². The minimum absolute atomic E-state index is 0.0429. The van der Waals surface area contributed by atoms with E-state index in [0.717, 1.165) is 29.4 Å². The van der Waals surface area contributed by atoms with Crippen molar-refractivity contribution >= 4 is 21.8 Å². The van der Waals surface area contributed by atoms with Gasteiger partial charge in [-0.2, -0.15) is 0 Å². The number of benzene rings is 1. The summed E-state index contributed by atoms with van der Waals surface area (Å²) in [5.41, 5.74) is 0.291. The van der Waals surface area contributed by atoms with Crippen molar-refractivity contribution in [2.24, 2.45) is 0 Å². The first kappa shape index (κ1) is 15.5. The molecule has 1 aromatic carbocycles. The number of hydrogen-bond acceptors (Lipinski definition) is 3. The minimum atomic E-state index is -0.711. The molecule has 0 radical (unpaired) electrons. The van der Waals surface area contributed by atoms with Crippen molar-refractivity contribution in [2.45, 2.75) is 44.4 Å². The predicted molar refractivity (Wildman–Crippen MR) is 82.3 cm³/mol. The SMILES string of the molecule is CC(NC(=O)C1(C)CCCN1)C(O)c1ccc(Br)cc1. The van der Waals surface area contributed by atoms with Gasteiger partial charge in [0.05, 0.1) is 17.7 Å². The molecule has 0 aromatic heterocycles. The van der Waals surface area contributed by atoms with Crippen LogP contribution in [0, 0.1) is 0 Å². The van der Waals surface area contributed by atoms with Gasteiger partial charge in [0.15, 0.2) is 0 Å². The number of hydrogen-bond donors (Lipinski definition) is 3. The second-order valence-corrected chi connectivity index (χ2v) is 6.54. The molecule has 1 amide bonds. The Kier molecular flexibility index (Phi) is 4.83. The molecule has 3 unspecified atom stereocenters. The minimum Gasteiger partial charge on any atom is -0.386 e. The summed E-state index contributed by atoms with van der Waals surface area (Å²) in [5, 5.41) is 16.4. The first-order valence-electron chi connectivity index (χ1n) is 6.92. The van der Waals surface area contributed by atoms with Gasteiger partial charge < -0.3 is 15.7 Å². The molecule has 20 heavy (non-hydrogen) atoms. The molecule has 0 aliphatic carbocycles. The highest BCUT2D eigenvalue weighted by Gasteiger charge is 2.37. The fraction of sp³-hybridized carbons (Fsp3) is 0.533. The topological polar surface area (TPSA) is 61.4 Å². The smallest absolute Gasteiger partial charge is 0.240 e. The summed E-state index contributed by atoms with van der Waals surface area (Å²) in [5.74, 6) is -0.0429. The lowest BCUT2D eigenvalue weighted by Crippen LogP contribution is -2.54. The highest BCUT2D eigenvalue weighted by atomic mass is 79.9. The summed E-state index contributed by atoms with van der Waals surface area (Å²) in [6.07, 6.45) is 1.13. The Labute approximate surface area is 128 Å². The van der Waals surface area contributed by atoms with Crippen LogP contribution in [0.3, 0.4) is 0 Å². The maximum Gasteiger partial charge on any atom is 0.240 e. The van der Waals surface area contributed by atoms with Crippen molar-refractivity contribution in [1.82, 2.24) is 10.6 Å². The molecule has 3 atom stereocenters. The van der Waals surface area contributed by atoms with Crippen LogP contribution in [0.4, 0.5) is 0 Å². The first-order valence-corrected chi connectivity index (χ1v) is 7.71. The van der Waals surface area contributed by atoms with Gasteiger partial charge in [0.25, 0.3) is 0 Å². The third kappa shape index (κ3) is 3.40. The summed E-state index contributed by atoms with van der Waals surface area (Å²) in [7, 11) is 0. The van der Waals surface area contributed by atoms with Crippen LogP contribution in [0.25, 0.3) is 0 Å². The number of halogens is 1. The molecule has 0 saturated carbocycles. The third-order valence-corrected chi connectivity index (χ3v) is 4.44. The monoisotopic (exact) mass is 340 g/mol. The summed E-state index contributed by atoms with van der Waals surface area (Å²) in [4.78, 5) is 12.3. The second-order valence-electron chi connectivity index (χ2n) is 5.62. The molecule has 1 heterocycles. The fourth-order valence-corrected chi connectivity index (χ4v) is 2.75. The summed E-state index contributed by atoms with van der Waals surface area (Å²) >= 11 is 3.36. The molecule has 1 aliphatic heterocycles. The van der Waals surface area contributed by atoms with E-state index >= 15 is 0 Å². The van der Waals surface area contributed by atoms with E-state index in [1.165, 1.54) is 0 Å². The molecule has 4 nitrogen and oxygen atoms in total. The average Bonchev–Trinajstić information content (AvgIpc) is 2.87. The molecule has 0 spiro atoms. The van der Waals surface area contributed by atoms with Crippen molar-refractivity contribution in [2.75, 3.05) is 6.54 Å². The van der Waals surface area contributed by atoms with Gasteiger partial charge >= 0.3 is 0 Å². The van der Waals surface area contributed by atoms with Crippen molar-refractivity contribution in [1.29, 1.82) is 0 Å². The lowest BCUT2D eigenvalue weighted by molar-refractivity contribution is -0.128. The molecule has 5 heteroatoms. The second kappa shape index (κ2) is 6.24. The van der Waals surface area contributed by atoms with E-state index in [9.17, 15) is 9.90 Å². The van der Waals surface area contributed by atoms with E-state index in [2.05, 4.69) is 26.6 Å². The lowest BCUT2D eigenvalue weighted by atomic mass is 9.97. The molecule has 2 rings (SSSR count). The number of aliphatic hydroxyl groups is 1. The van der Waals surface area contributed by atoms with Crippen molar-refractivity contribution in [3.63, 3.8) is 0 Å². The third-order valence-electron chi connectivity index (χ3n) is 3.91. The molecule has 1 aromatic rings. The summed E-state index contributed by atoms with van der Waals surface area (Å²) in [6.45, 7) is 4.60. The van der Waals surface area contributed by atoms with Gasteiger partial charge in [-0.25, -0.2) is 0 Å². The van der Waals surface area contributed by atoms with E-state index in [4.69, 9.17) is 0 Å². The highest BCUT2D eigenvalue weighted by Crippen LogP contribution is 2.22. The number of aliphatic hydroxyl groups excluding tert-OH is 1. The maximum absolute atomic E-state index is 12.3. The van der Waals surface area contributed by atoms with Gasteiger partial charge in [-0.1, -0.05) is 28.1 Å². The summed E-state index contributed by atoms with van der Waals surface area (Å²) < 4.78 is 0.966. The van der Waals surface area contributed by atoms with Gasteiger partial charge in [-0.3, -0.25) is 4.79 Å². The quantitative estimate of drug-likeness (QED) is 0.786. The van der Waals surface area contributed by atoms with Crippen LogP contribution < -0.4 is 10.6 Å². The zero-order valence-corrected chi connectivity index (χ0v) is 13.4. The van der Waals surface area contributed by atoms with Crippen LogP contribution in [0.5, 0.6) is 0 Å². The molecular weight excluding hydrogens is 320 g/mol.